The Kier molecular flexibility index (Phi) is 5.42. The summed E-state index contributed by atoms with van der Waals surface area (Å²) in [6.45, 7) is 2.09. The van der Waals surface area contributed by atoms with Crippen LogP contribution in [0.5, 0.6) is 0 Å². The second-order valence-corrected chi connectivity index (χ2v) is 6.26. The van der Waals surface area contributed by atoms with Crippen LogP contribution in [-0.4, -0.2) is 5.78 Å². The fraction of sp³-hybridized carbons (Fsp3) is 0.188. The molecular weight excluding hydrogens is 403 g/mol. The van der Waals surface area contributed by atoms with Crippen LogP contribution in [0.3, 0.4) is 0 Å². The molecule has 2 rings (SSSR count). The Hall–Kier alpha value is -0.640. The molecule has 1 nitrogen and oxygen atoms in total. The first-order chi connectivity index (χ1) is 9.56. The molecule has 0 heterocycles. The van der Waals surface area contributed by atoms with Gasteiger partial charge in [0, 0.05) is 20.9 Å². The van der Waals surface area contributed by atoms with E-state index in [-0.39, 0.29) is 5.78 Å². The first kappa shape index (κ1) is 15.7. The lowest BCUT2D eigenvalue weighted by atomic mass is 10.0. The number of hydrogen-bond donors (Lipinski definition) is 0. The smallest absolute Gasteiger partial charge is 0.194 e. The van der Waals surface area contributed by atoms with E-state index in [0.29, 0.717) is 21.5 Å². The summed E-state index contributed by atoms with van der Waals surface area (Å²) in [5.41, 5.74) is 3.41. The monoisotopic (exact) mass is 414 g/mol. The van der Waals surface area contributed by atoms with Crippen molar-refractivity contribution in [3.8, 4) is 0 Å². The lowest BCUT2D eigenvalue weighted by Crippen LogP contribution is -2.03. The minimum atomic E-state index is -0.0560. The van der Waals surface area contributed by atoms with E-state index >= 15 is 0 Å². The van der Waals surface area contributed by atoms with E-state index in [1.807, 2.05) is 30.3 Å². The third kappa shape index (κ3) is 3.33. The molecule has 0 atom stereocenters. The molecule has 2 aromatic carbocycles. The van der Waals surface area contributed by atoms with Gasteiger partial charge < -0.3 is 0 Å². The Morgan fingerprint density at radius 3 is 2.40 bits per heavy atom. The molecule has 2 aromatic rings. The van der Waals surface area contributed by atoms with Gasteiger partial charge in [0.15, 0.2) is 5.78 Å². The second-order valence-electron chi connectivity index (χ2n) is 4.44. The van der Waals surface area contributed by atoms with Crippen LogP contribution in [0.15, 0.2) is 40.9 Å². The molecule has 0 aliphatic carbocycles. The molecule has 4 heteroatoms. The summed E-state index contributed by atoms with van der Waals surface area (Å²) >= 11 is 13.1. The summed E-state index contributed by atoms with van der Waals surface area (Å²) in [5, 5.41) is 1.17. The van der Waals surface area contributed by atoms with Gasteiger partial charge in [0.05, 0.1) is 5.02 Å². The first-order valence-corrected chi connectivity index (χ1v) is 8.53. The Morgan fingerprint density at radius 1 is 1.20 bits per heavy atom. The molecule has 0 spiro atoms. The summed E-state index contributed by atoms with van der Waals surface area (Å²) in [7, 11) is 0. The van der Waals surface area contributed by atoms with Gasteiger partial charge in [-0.2, -0.15) is 0 Å². The van der Waals surface area contributed by atoms with Crippen molar-refractivity contribution in [1.29, 1.82) is 0 Å². The van der Waals surface area contributed by atoms with Gasteiger partial charge in [0.2, 0.25) is 0 Å². The van der Waals surface area contributed by atoms with Crippen LogP contribution >= 0.6 is 43.5 Å². The SMILES string of the molecule is CCc1ccc(C(=O)c2cc(Br)c(CBr)cc2Cl)cc1. The van der Waals surface area contributed by atoms with Crippen LogP contribution in [-0.2, 0) is 11.8 Å². The second kappa shape index (κ2) is 6.88. The fourth-order valence-corrected chi connectivity index (χ4v) is 3.51. The van der Waals surface area contributed by atoms with Gasteiger partial charge >= 0.3 is 0 Å². The quantitative estimate of drug-likeness (QED) is 0.455. The summed E-state index contributed by atoms with van der Waals surface area (Å²) < 4.78 is 0.882. The van der Waals surface area contributed by atoms with E-state index in [2.05, 4.69) is 38.8 Å². The number of rotatable bonds is 4. The molecule has 0 saturated carbocycles. The van der Waals surface area contributed by atoms with Crippen LogP contribution in [0.25, 0.3) is 0 Å². The Bertz CT molecular complexity index is 636. The molecule has 0 bridgehead atoms. The normalized spacial score (nSPS) is 10.6. The zero-order valence-corrected chi connectivity index (χ0v) is 14.8. The number of alkyl halides is 1. The van der Waals surface area contributed by atoms with E-state index in [1.165, 1.54) is 5.56 Å². The molecule has 0 amide bonds. The Morgan fingerprint density at radius 2 is 1.85 bits per heavy atom. The maximum atomic E-state index is 12.5. The van der Waals surface area contributed by atoms with Gasteiger partial charge in [-0.1, -0.05) is 74.7 Å². The lowest BCUT2D eigenvalue weighted by Gasteiger charge is -2.08. The molecule has 0 aliphatic heterocycles. The third-order valence-electron chi connectivity index (χ3n) is 3.15. The van der Waals surface area contributed by atoms with Crippen LogP contribution in [0.4, 0.5) is 0 Å². The Labute approximate surface area is 140 Å². The van der Waals surface area contributed by atoms with Crippen LogP contribution in [0.1, 0.15) is 34.0 Å². The van der Waals surface area contributed by atoms with Crippen LogP contribution < -0.4 is 0 Å². The average molecular weight is 417 g/mol. The lowest BCUT2D eigenvalue weighted by molar-refractivity contribution is 0.103. The molecule has 0 N–H and O–H groups in total. The van der Waals surface area contributed by atoms with Crippen molar-refractivity contribution in [3.63, 3.8) is 0 Å². The predicted molar refractivity (Wildman–Crippen MR) is 91.0 cm³/mol. The van der Waals surface area contributed by atoms with Crippen molar-refractivity contribution >= 4 is 49.2 Å². The summed E-state index contributed by atoms with van der Waals surface area (Å²) in [4.78, 5) is 12.5. The highest BCUT2D eigenvalue weighted by molar-refractivity contribution is 9.10. The highest BCUT2D eigenvalue weighted by Crippen LogP contribution is 2.29. The molecular formula is C16H13Br2ClO. The average Bonchev–Trinajstić information content (AvgIpc) is 2.48. The highest BCUT2D eigenvalue weighted by Gasteiger charge is 2.15. The van der Waals surface area contributed by atoms with E-state index in [0.717, 1.165) is 16.5 Å². The molecule has 0 fully saturated rings. The Balaban J connectivity index is 2.39. The third-order valence-corrected chi connectivity index (χ3v) is 4.80. The van der Waals surface area contributed by atoms with E-state index in [4.69, 9.17) is 11.6 Å². The van der Waals surface area contributed by atoms with Gasteiger partial charge in [0.1, 0.15) is 0 Å². The minimum absolute atomic E-state index is 0.0560. The number of hydrogen-bond acceptors (Lipinski definition) is 1. The van der Waals surface area contributed by atoms with E-state index in [1.54, 1.807) is 6.07 Å². The maximum Gasteiger partial charge on any atom is 0.194 e. The van der Waals surface area contributed by atoms with Crippen molar-refractivity contribution in [2.45, 2.75) is 18.7 Å². The minimum Gasteiger partial charge on any atom is -0.289 e. The highest BCUT2D eigenvalue weighted by atomic mass is 79.9. The van der Waals surface area contributed by atoms with Crippen LogP contribution in [0, 0.1) is 0 Å². The van der Waals surface area contributed by atoms with Crippen molar-refractivity contribution in [1.82, 2.24) is 0 Å². The number of benzene rings is 2. The zero-order valence-electron chi connectivity index (χ0n) is 10.9. The van der Waals surface area contributed by atoms with E-state index < -0.39 is 0 Å². The number of carbonyl (C=O) groups is 1. The van der Waals surface area contributed by atoms with Crippen molar-refractivity contribution in [2.24, 2.45) is 0 Å². The predicted octanol–water partition coefficient (Wildman–Crippen LogP) is 5.79. The zero-order chi connectivity index (χ0) is 14.7. The van der Waals surface area contributed by atoms with Gasteiger partial charge in [-0.3, -0.25) is 4.79 Å². The van der Waals surface area contributed by atoms with E-state index in [9.17, 15) is 4.79 Å². The molecule has 0 aliphatic rings. The summed E-state index contributed by atoms with van der Waals surface area (Å²) in [6.07, 6.45) is 0.959. The molecule has 0 saturated heterocycles. The van der Waals surface area contributed by atoms with Gasteiger partial charge in [-0.15, -0.1) is 0 Å². The van der Waals surface area contributed by atoms with Crippen molar-refractivity contribution in [2.75, 3.05) is 0 Å². The largest absolute Gasteiger partial charge is 0.289 e. The molecule has 0 radical (unpaired) electrons. The van der Waals surface area contributed by atoms with Gasteiger partial charge in [0.25, 0.3) is 0 Å². The number of carbonyl (C=O) groups excluding carboxylic acids is 1. The van der Waals surface area contributed by atoms with Gasteiger partial charge in [-0.05, 0) is 29.7 Å². The standard InChI is InChI=1S/C16H13Br2ClO/c1-2-10-3-5-11(6-4-10)16(20)13-8-14(18)12(9-17)7-15(13)19/h3-8H,2,9H2,1H3. The summed E-state index contributed by atoms with van der Waals surface area (Å²) in [5.74, 6) is -0.0560. The topological polar surface area (TPSA) is 17.1 Å². The molecule has 104 valence electrons. The first-order valence-electron chi connectivity index (χ1n) is 6.24. The van der Waals surface area contributed by atoms with Crippen molar-refractivity contribution < 1.29 is 4.79 Å². The maximum absolute atomic E-state index is 12.5. The molecule has 0 aromatic heterocycles. The molecule has 20 heavy (non-hydrogen) atoms. The van der Waals surface area contributed by atoms with Crippen molar-refractivity contribution in [3.05, 3.63) is 68.1 Å². The number of ketones is 1. The number of halogens is 3. The number of aryl methyl sites for hydroxylation is 1. The summed E-state index contributed by atoms with van der Waals surface area (Å²) in [6, 6.07) is 11.3. The fourth-order valence-electron chi connectivity index (χ4n) is 1.91. The van der Waals surface area contributed by atoms with Gasteiger partial charge in [-0.25, -0.2) is 0 Å². The van der Waals surface area contributed by atoms with Crippen LogP contribution in [0.2, 0.25) is 5.02 Å². The molecule has 0 unspecified atom stereocenters.